The summed E-state index contributed by atoms with van der Waals surface area (Å²) in [4.78, 5) is 14.0. The molecule has 0 spiro atoms. The monoisotopic (exact) mass is 338 g/mol. The van der Waals surface area contributed by atoms with E-state index < -0.39 is 5.76 Å². The highest BCUT2D eigenvalue weighted by atomic mass is 32.2. The molecular formula is C15H16F2N4OS. The molecule has 1 rings (SSSR count). The quantitative estimate of drug-likeness (QED) is 0.700. The number of anilines is 1. The molecule has 5 nitrogen and oxygen atoms in total. The van der Waals surface area contributed by atoms with Gasteiger partial charge < -0.3 is 10.2 Å². The number of hydrogen-bond donors (Lipinski definition) is 1. The van der Waals surface area contributed by atoms with Crippen LogP contribution >= 0.6 is 11.8 Å². The smallest absolute Gasteiger partial charge is 0.288 e. The van der Waals surface area contributed by atoms with Crippen molar-refractivity contribution in [3.8, 4) is 12.1 Å². The van der Waals surface area contributed by atoms with E-state index in [2.05, 4.69) is 5.32 Å². The van der Waals surface area contributed by atoms with Gasteiger partial charge in [-0.2, -0.15) is 19.3 Å². The summed E-state index contributed by atoms with van der Waals surface area (Å²) < 4.78 is 24.4. The predicted octanol–water partition coefficient (Wildman–Crippen LogP) is 3.07. The second-order valence-corrected chi connectivity index (χ2v) is 5.52. The Hall–Kier alpha value is -2.32. The van der Waals surface area contributed by atoms with Crippen molar-refractivity contribution in [3.05, 3.63) is 24.3 Å². The number of nitriles is 2. The summed E-state index contributed by atoms with van der Waals surface area (Å²) >= 11 is 0.457. The fraction of sp³-hybridized carbons (Fsp3) is 0.400. The number of hydrogen-bond acceptors (Lipinski definition) is 5. The molecule has 0 aliphatic heterocycles. The van der Waals surface area contributed by atoms with Crippen LogP contribution in [0.15, 0.2) is 29.2 Å². The number of amides is 1. The van der Waals surface area contributed by atoms with Crippen LogP contribution in [0.3, 0.4) is 0 Å². The number of alkyl halides is 2. The van der Waals surface area contributed by atoms with Crippen LogP contribution in [0.4, 0.5) is 14.5 Å². The molecule has 0 heterocycles. The molecule has 0 saturated heterocycles. The SMILES string of the molecule is N#CCCN(CCC#N)C(=O)CNc1ccc(SC(F)F)cc1. The van der Waals surface area contributed by atoms with E-state index in [1.165, 1.54) is 4.90 Å². The van der Waals surface area contributed by atoms with Gasteiger partial charge in [0.2, 0.25) is 5.91 Å². The van der Waals surface area contributed by atoms with Crippen LogP contribution in [0.25, 0.3) is 0 Å². The summed E-state index contributed by atoms with van der Waals surface area (Å²) in [6.45, 7) is 0.573. The lowest BCUT2D eigenvalue weighted by molar-refractivity contribution is -0.129. The zero-order valence-electron chi connectivity index (χ0n) is 12.3. The summed E-state index contributed by atoms with van der Waals surface area (Å²) in [6, 6.07) is 10.3. The first-order valence-corrected chi connectivity index (χ1v) is 7.75. The Morgan fingerprint density at radius 2 is 1.74 bits per heavy atom. The molecule has 122 valence electrons. The highest BCUT2D eigenvalue weighted by Crippen LogP contribution is 2.26. The van der Waals surface area contributed by atoms with Gasteiger partial charge in [-0.15, -0.1) is 0 Å². The number of rotatable bonds is 9. The summed E-state index contributed by atoms with van der Waals surface area (Å²) in [5.74, 6) is -2.69. The predicted molar refractivity (Wildman–Crippen MR) is 83.8 cm³/mol. The van der Waals surface area contributed by atoms with Gasteiger partial charge in [-0.1, -0.05) is 11.8 Å². The standard InChI is InChI=1S/C15H16F2N4OS/c16-15(17)23-13-5-3-12(4-6-13)20-11-14(22)21(9-1-7-18)10-2-8-19/h3-6,15,20H,1-2,9-11H2. The molecule has 0 bridgehead atoms. The van der Waals surface area contributed by atoms with Crippen LogP contribution in [0.2, 0.25) is 0 Å². The summed E-state index contributed by atoms with van der Waals surface area (Å²) in [5, 5.41) is 20.1. The number of thioether (sulfide) groups is 1. The van der Waals surface area contributed by atoms with Crippen LogP contribution in [0.1, 0.15) is 12.8 Å². The van der Waals surface area contributed by atoms with Crippen LogP contribution in [0, 0.1) is 22.7 Å². The Bertz CT molecular complexity index is 563. The highest BCUT2D eigenvalue weighted by Gasteiger charge is 2.12. The first-order valence-electron chi connectivity index (χ1n) is 6.87. The van der Waals surface area contributed by atoms with Gasteiger partial charge >= 0.3 is 0 Å². The molecule has 0 atom stereocenters. The Morgan fingerprint density at radius 3 is 2.22 bits per heavy atom. The highest BCUT2D eigenvalue weighted by molar-refractivity contribution is 7.99. The normalized spacial score (nSPS) is 9.96. The van der Waals surface area contributed by atoms with Crippen molar-refractivity contribution in [3.63, 3.8) is 0 Å². The number of nitrogens with zero attached hydrogens (tertiary/aromatic N) is 3. The maximum absolute atomic E-state index is 12.2. The van der Waals surface area contributed by atoms with Gasteiger partial charge in [-0.25, -0.2) is 0 Å². The Kier molecular flexibility index (Phi) is 8.48. The number of carbonyl (C=O) groups excluding carboxylic acids is 1. The summed E-state index contributed by atoms with van der Waals surface area (Å²) in [5.41, 5.74) is 0.637. The van der Waals surface area contributed by atoms with Gasteiger partial charge in [0, 0.05) is 23.7 Å². The Balaban J connectivity index is 2.52. The molecule has 1 aromatic rings. The molecule has 1 aromatic carbocycles. The minimum atomic E-state index is -2.47. The fourth-order valence-electron chi connectivity index (χ4n) is 1.77. The van der Waals surface area contributed by atoms with Crippen LogP contribution in [-0.2, 0) is 4.79 Å². The maximum Gasteiger partial charge on any atom is 0.288 e. The van der Waals surface area contributed by atoms with Crippen molar-refractivity contribution in [1.29, 1.82) is 10.5 Å². The number of benzene rings is 1. The summed E-state index contributed by atoms with van der Waals surface area (Å²) in [6.07, 6.45) is 0.410. The van der Waals surface area contributed by atoms with Gasteiger partial charge in [0.15, 0.2) is 0 Å². The van der Waals surface area contributed by atoms with E-state index in [-0.39, 0.29) is 38.4 Å². The van der Waals surface area contributed by atoms with Gasteiger partial charge in [0.1, 0.15) is 0 Å². The van der Waals surface area contributed by atoms with Gasteiger partial charge in [-0.05, 0) is 24.3 Å². The first kappa shape index (κ1) is 18.7. The van der Waals surface area contributed by atoms with Crippen molar-refractivity contribution < 1.29 is 13.6 Å². The summed E-state index contributed by atoms with van der Waals surface area (Å²) in [7, 11) is 0. The molecule has 0 fully saturated rings. The second-order valence-electron chi connectivity index (χ2n) is 4.45. The number of halogens is 2. The van der Waals surface area contributed by atoms with Crippen LogP contribution in [-0.4, -0.2) is 36.2 Å². The van der Waals surface area contributed by atoms with E-state index in [0.29, 0.717) is 22.3 Å². The molecule has 0 saturated carbocycles. The lowest BCUT2D eigenvalue weighted by Gasteiger charge is -2.20. The third kappa shape index (κ3) is 7.48. The van der Waals surface area contributed by atoms with Crippen molar-refractivity contribution in [2.24, 2.45) is 0 Å². The molecule has 23 heavy (non-hydrogen) atoms. The molecule has 0 radical (unpaired) electrons. The van der Waals surface area contributed by atoms with E-state index in [1.54, 1.807) is 24.3 Å². The zero-order chi connectivity index (χ0) is 17.1. The van der Waals surface area contributed by atoms with E-state index in [1.807, 2.05) is 12.1 Å². The van der Waals surface area contributed by atoms with E-state index in [4.69, 9.17) is 10.5 Å². The Morgan fingerprint density at radius 1 is 1.17 bits per heavy atom. The van der Waals surface area contributed by atoms with Crippen LogP contribution in [0.5, 0.6) is 0 Å². The van der Waals surface area contributed by atoms with E-state index in [9.17, 15) is 13.6 Å². The van der Waals surface area contributed by atoms with Crippen molar-refractivity contribution in [2.75, 3.05) is 25.0 Å². The molecule has 1 amide bonds. The lowest BCUT2D eigenvalue weighted by Crippen LogP contribution is -2.36. The van der Waals surface area contributed by atoms with Crippen LogP contribution < -0.4 is 5.32 Å². The molecule has 0 aromatic heterocycles. The largest absolute Gasteiger partial charge is 0.376 e. The van der Waals surface area contributed by atoms with Crippen molar-refractivity contribution in [2.45, 2.75) is 23.5 Å². The molecule has 0 unspecified atom stereocenters. The average Bonchev–Trinajstić information content (AvgIpc) is 2.53. The Labute approximate surface area is 137 Å². The van der Waals surface area contributed by atoms with Gasteiger partial charge in [-0.3, -0.25) is 4.79 Å². The van der Waals surface area contributed by atoms with Crippen molar-refractivity contribution >= 4 is 23.4 Å². The fourth-order valence-corrected chi connectivity index (χ4v) is 2.27. The first-order chi connectivity index (χ1) is 11.1. The van der Waals surface area contributed by atoms with Gasteiger partial charge in [0.05, 0.1) is 31.5 Å². The third-order valence-electron chi connectivity index (χ3n) is 2.86. The zero-order valence-corrected chi connectivity index (χ0v) is 13.2. The van der Waals surface area contributed by atoms with E-state index >= 15 is 0 Å². The lowest BCUT2D eigenvalue weighted by atomic mass is 10.3. The van der Waals surface area contributed by atoms with Gasteiger partial charge in [0.25, 0.3) is 5.76 Å². The minimum absolute atomic E-state index is 0.0121. The molecule has 0 aliphatic rings. The number of carbonyl (C=O) groups is 1. The van der Waals surface area contributed by atoms with E-state index in [0.717, 1.165) is 0 Å². The third-order valence-corrected chi connectivity index (χ3v) is 3.59. The molecular weight excluding hydrogens is 322 g/mol. The number of nitrogens with one attached hydrogen (secondary N) is 1. The minimum Gasteiger partial charge on any atom is -0.376 e. The molecule has 0 aliphatic carbocycles. The average molecular weight is 338 g/mol. The molecule has 1 N–H and O–H groups in total. The topological polar surface area (TPSA) is 79.9 Å². The van der Waals surface area contributed by atoms with Crippen molar-refractivity contribution in [1.82, 2.24) is 4.90 Å². The maximum atomic E-state index is 12.2. The second kappa shape index (κ2) is 10.4. The molecule has 8 heteroatoms.